The summed E-state index contributed by atoms with van der Waals surface area (Å²) in [4.78, 5) is 13.1. The summed E-state index contributed by atoms with van der Waals surface area (Å²) in [7, 11) is 4.68. The van der Waals surface area contributed by atoms with Crippen molar-refractivity contribution in [1.29, 1.82) is 0 Å². The number of carbonyl (C=O) groups excluding carboxylic acids is 1. The summed E-state index contributed by atoms with van der Waals surface area (Å²) >= 11 is 0. The van der Waals surface area contributed by atoms with Crippen LogP contribution >= 0.6 is 0 Å². The number of ketones is 1. The van der Waals surface area contributed by atoms with Crippen molar-refractivity contribution in [1.82, 2.24) is 0 Å². The van der Waals surface area contributed by atoms with Crippen molar-refractivity contribution in [3.8, 4) is 11.5 Å². The maximum atomic E-state index is 13.1. The second-order valence-corrected chi connectivity index (χ2v) is 5.50. The van der Waals surface area contributed by atoms with Gasteiger partial charge in [-0.05, 0) is 18.1 Å². The first kappa shape index (κ1) is 19.9. The largest absolute Gasteiger partial charge is 0.467 e. The van der Waals surface area contributed by atoms with Gasteiger partial charge in [0, 0.05) is 33.0 Å². The van der Waals surface area contributed by atoms with Crippen molar-refractivity contribution in [2.75, 3.05) is 41.5 Å². The van der Waals surface area contributed by atoms with Gasteiger partial charge in [-0.25, -0.2) is 0 Å². The summed E-state index contributed by atoms with van der Waals surface area (Å²) < 4.78 is 26.4. The average Bonchev–Trinajstić information content (AvgIpc) is 2.69. The van der Waals surface area contributed by atoms with Crippen LogP contribution in [0.5, 0.6) is 11.5 Å². The Balaban J connectivity index is 2.50. The number of ether oxygens (including phenoxy) is 5. The van der Waals surface area contributed by atoms with E-state index in [0.717, 1.165) is 5.56 Å². The second-order valence-electron chi connectivity index (χ2n) is 5.50. The summed E-state index contributed by atoms with van der Waals surface area (Å²) in [5.74, 6) is 0.829. The molecule has 0 amide bonds. The molecule has 6 nitrogen and oxygen atoms in total. The fourth-order valence-electron chi connectivity index (χ4n) is 2.49. The number of rotatable bonds is 11. The second kappa shape index (κ2) is 10.6. The van der Waals surface area contributed by atoms with E-state index in [0.29, 0.717) is 35.7 Å². The van der Waals surface area contributed by atoms with Crippen LogP contribution in [-0.4, -0.2) is 47.3 Å². The van der Waals surface area contributed by atoms with Crippen molar-refractivity contribution in [2.45, 2.75) is 6.42 Å². The Kier molecular flexibility index (Phi) is 8.08. The first-order valence-corrected chi connectivity index (χ1v) is 8.20. The predicted molar refractivity (Wildman–Crippen MR) is 96.9 cm³/mol. The monoisotopic (exact) mass is 360 g/mol. The third kappa shape index (κ3) is 5.29. The minimum absolute atomic E-state index is 0.0204. The molecule has 0 spiro atoms. The minimum atomic E-state index is -0.124. The molecule has 0 bridgehead atoms. The zero-order valence-electron chi connectivity index (χ0n) is 15.3. The molecule has 6 heteroatoms. The highest BCUT2D eigenvalue weighted by molar-refractivity contribution is 6.11. The molecular formula is C20H24O6. The smallest absolute Gasteiger partial charge is 0.197 e. The van der Waals surface area contributed by atoms with E-state index in [1.807, 2.05) is 24.3 Å². The van der Waals surface area contributed by atoms with Crippen LogP contribution in [0, 0.1) is 0 Å². The molecule has 0 heterocycles. The molecule has 26 heavy (non-hydrogen) atoms. The maximum Gasteiger partial charge on any atom is 0.197 e. The van der Waals surface area contributed by atoms with Crippen molar-refractivity contribution >= 4 is 5.78 Å². The Bertz CT molecular complexity index is 670. The summed E-state index contributed by atoms with van der Waals surface area (Å²) in [6.07, 6.45) is 0.540. The molecule has 0 atom stereocenters. The van der Waals surface area contributed by atoms with Crippen molar-refractivity contribution in [2.24, 2.45) is 0 Å². The van der Waals surface area contributed by atoms with Crippen LogP contribution in [-0.2, 0) is 20.6 Å². The Morgan fingerprint density at radius 1 is 0.885 bits per heavy atom. The highest BCUT2D eigenvalue weighted by Gasteiger charge is 2.21. The summed E-state index contributed by atoms with van der Waals surface area (Å²) in [5, 5.41) is 0. The molecule has 2 aromatic rings. The molecule has 0 aliphatic heterocycles. The van der Waals surface area contributed by atoms with Gasteiger partial charge < -0.3 is 23.7 Å². The average molecular weight is 360 g/mol. The molecule has 0 aromatic heterocycles. The molecule has 140 valence electrons. The van der Waals surface area contributed by atoms with Gasteiger partial charge in [-0.1, -0.05) is 30.3 Å². The maximum absolute atomic E-state index is 13.1. The van der Waals surface area contributed by atoms with Crippen molar-refractivity contribution < 1.29 is 28.5 Å². The number of carbonyl (C=O) groups is 1. The molecular weight excluding hydrogens is 336 g/mol. The molecule has 0 radical (unpaired) electrons. The van der Waals surface area contributed by atoms with Gasteiger partial charge in [-0.2, -0.15) is 0 Å². The summed E-state index contributed by atoms with van der Waals surface area (Å²) in [6, 6.07) is 12.6. The first-order valence-electron chi connectivity index (χ1n) is 8.20. The van der Waals surface area contributed by atoms with Gasteiger partial charge in [0.2, 0.25) is 0 Å². The van der Waals surface area contributed by atoms with Crippen molar-refractivity contribution in [3.63, 3.8) is 0 Å². The fraction of sp³-hybridized carbons (Fsp3) is 0.350. The summed E-state index contributed by atoms with van der Waals surface area (Å²) in [6.45, 7) is 0.582. The Labute approximate surface area is 153 Å². The first-order chi connectivity index (χ1) is 12.7. The number of hydrogen-bond donors (Lipinski definition) is 0. The van der Waals surface area contributed by atoms with Crippen LogP contribution in [0.25, 0.3) is 0 Å². The van der Waals surface area contributed by atoms with Gasteiger partial charge in [-0.15, -0.1) is 0 Å². The topological polar surface area (TPSA) is 63.2 Å². The Morgan fingerprint density at radius 3 is 2.23 bits per heavy atom. The van der Waals surface area contributed by atoms with E-state index in [2.05, 4.69) is 0 Å². The minimum Gasteiger partial charge on any atom is -0.467 e. The van der Waals surface area contributed by atoms with Crippen molar-refractivity contribution in [3.05, 3.63) is 59.2 Å². The normalized spacial score (nSPS) is 10.6. The van der Waals surface area contributed by atoms with E-state index in [1.165, 1.54) is 7.11 Å². The zero-order chi connectivity index (χ0) is 18.8. The van der Waals surface area contributed by atoms with Crippen LogP contribution in [0.3, 0.4) is 0 Å². The summed E-state index contributed by atoms with van der Waals surface area (Å²) in [5.41, 5.74) is 1.84. The van der Waals surface area contributed by atoms with Gasteiger partial charge in [0.15, 0.2) is 19.4 Å². The lowest BCUT2D eigenvalue weighted by atomic mass is 9.95. The van der Waals surface area contributed by atoms with Crippen LogP contribution in [0.4, 0.5) is 0 Å². The van der Waals surface area contributed by atoms with E-state index < -0.39 is 0 Å². The van der Waals surface area contributed by atoms with E-state index in [9.17, 15) is 4.79 Å². The predicted octanol–water partition coefficient (Wildman–Crippen LogP) is 3.07. The van der Waals surface area contributed by atoms with E-state index in [-0.39, 0.29) is 19.4 Å². The molecule has 0 unspecified atom stereocenters. The van der Waals surface area contributed by atoms with Gasteiger partial charge in [0.25, 0.3) is 0 Å². The molecule has 0 saturated carbocycles. The Hall–Kier alpha value is -2.41. The molecule has 0 fully saturated rings. The third-order valence-corrected chi connectivity index (χ3v) is 3.67. The third-order valence-electron chi connectivity index (χ3n) is 3.67. The lowest BCUT2D eigenvalue weighted by Gasteiger charge is -2.17. The zero-order valence-corrected chi connectivity index (χ0v) is 15.3. The fourth-order valence-corrected chi connectivity index (χ4v) is 2.49. The molecule has 2 rings (SSSR count). The van der Waals surface area contributed by atoms with Gasteiger partial charge in [0.05, 0.1) is 12.2 Å². The van der Waals surface area contributed by atoms with Crippen LogP contribution < -0.4 is 9.47 Å². The SMILES string of the molecule is COCCc1cc(OCOC)cc(OCOC)c1C(=O)c1ccccc1. The van der Waals surface area contributed by atoms with Gasteiger partial charge in [-0.3, -0.25) is 4.79 Å². The van der Waals surface area contributed by atoms with Crippen LogP contribution in [0.1, 0.15) is 21.5 Å². The molecule has 0 saturated heterocycles. The lowest BCUT2D eigenvalue weighted by Crippen LogP contribution is -2.12. The molecule has 0 N–H and O–H groups in total. The standard InChI is InChI=1S/C20H24O6/c1-22-10-9-16-11-17(25-13-23-2)12-18(26-14-24-3)19(16)20(21)15-7-5-4-6-8-15/h4-8,11-12H,9-10,13-14H2,1-3H3. The molecule has 2 aromatic carbocycles. The highest BCUT2D eigenvalue weighted by atomic mass is 16.7. The molecule has 0 aliphatic rings. The quantitative estimate of drug-likeness (QED) is 0.453. The highest BCUT2D eigenvalue weighted by Crippen LogP contribution is 2.32. The van der Waals surface area contributed by atoms with E-state index in [4.69, 9.17) is 23.7 Å². The van der Waals surface area contributed by atoms with Crippen LogP contribution in [0.2, 0.25) is 0 Å². The number of methoxy groups -OCH3 is 3. The Morgan fingerprint density at radius 2 is 1.58 bits per heavy atom. The van der Waals surface area contributed by atoms with Gasteiger partial charge in [0.1, 0.15) is 11.5 Å². The molecule has 0 aliphatic carbocycles. The van der Waals surface area contributed by atoms with Gasteiger partial charge >= 0.3 is 0 Å². The van der Waals surface area contributed by atoms with E-state index >= 15 is 0 Å². The number of hydrogen-bond acceptors (Lipinski definition) is 6. The van der Waals surface area contributed by atoms with E-state index in [1.54, 1.807) is 32.4 Å². The number of benzene rings is 2. The van der Waals surface area contributed by atoms with Crippen LogP contribution in [0.15, 0.2) is 42.5 Å². The lowest BCUT2D eigenvalue weighted by molar-refractivity contribution is 0.0454.